The van der Waals surface area contributed by atoms with Crippen LogP contribution in [0, 0.1) is 5.82 Å². The molecular formula is C23H16FN5O2S. The number of methoxy groups -OCH3 is 1. The van der Waals surface area contributed by atoms with E-state index >= 15 is 0 Å². The van der Waals surface area contributed by atoms with Crippen molar-refractivity contribution >= 4 is 28.0 Å². The van der Waals surface area contributed by atoms with Crippen molar-refractivity contribution in [3.63, 3.8) is 0 Å². The van der Waals surface area contributed by atoms with Crippen molar-refractivity contribution in [1.82, 2.24) is 19.6 Å². The number of amides is 1. The number of fused-ring (bicyclic) bond motifs is 1. The first-order valence-corrected chi connectivity index (χ1v) is 10.5. The normalized spacial score (nSPS) is 10.9. The maximum atomic E-state index is 13.7. The smallest absolute Gasteiger partial charge is 0.262 e. The molecule has 5 aromatic rings. The standard InChI is InChI=1S/C23H16FN5O2S/c1-31-20-8-7-15(24)11-16(20)18-13-32-23(27-18)28-22(30)17-12-26-29-19(9-10-25-21(17)29)14-5-3-2-4-6-14/h2-13H,1H3,(H,27,28,30). The van der Waals surface area contributed by atoms with Gasteiger partial charge in [-0.15, -0.1) is 11.3 Å². The molecule has 3 aromatic heterocycles. The first-order chi connectivity index (χ1) is 15.6. The number of ether oxygens (including phenoxy) is 1. The van der Waals surface area contributed by atoms with E-state index in [1.54, 1.807) is 16.1 Å². The molecule has 0 spiro atoms. The average molecular weight is 445 g/mol. The minimum Gasteiger partial charge on any atom is -0.496 e. The molecule has 0 fully saturated rings. The van der Waals surface area contributed by atoms with E-state index in [9.17, 15) is 9.18 Å². The van der Waals surface area contributed by atoms with Crippen LogP contribution in [0.5, 0.6) is 5.75 Å². The number of aromatic nitrogens is 4. The number of carbonyl (C=O) groups is 1. The van der Waals surface area contributed by atoms with Gasteiger partial charge in [0.05, 0.1) is 24.7 Å². The first-order valence-electron chi connectivity index (χ1n) is 9.63. The second-order valence-electron chi connectivity index (χ2n) is 6.83. The van der Waals surface area contributed by atoms with Crippen LogP contribution in [0.25, 0.3) is 28.2 Å². The van der Waals surface area contributed by atoms with Gasteiger partial charge in [0.1, 0.15) is 17.1 Å². The summed E-state index contributed by atoms with van der Waals surface area (Å²) in [4.78, 5) is 21.7. The number of halogens is 1. The predicted octanol–water partition coefficient (Wildman–Crippen LogP) is 4.92. The minimum absolute atomic E-state index is 0.322. The Morgan fingerprint density at radius 2 is 2.00 bits per heavy atom. The summed E-state index contributed by atoms with van der Waals surface area (Å²) in [5.74, 6) is -0.286. The van der Waals surface area contributed by atoms with E-state index in [4.69, 9.17) is 4.74 Å². The number of nitrogens with zero attached hydrogens (tertiary/aromatic N) is 4. The molecule has 1 amide bonds. The van der Waals surface area contributed by atoms with Gasteiger partial charge in [-0.3, -0.25) is 10.1 Å². The third-order valence-corrected chi connectivity index (χ3v) is 5.64. The van der Waals surface area contributed by atoms with E-state index < -0.39 is 5.82 Å². The van der Waals surface area contributed by atoms with Gasteiger partial charge in [0.25, 0.3) is 5.91 Å². The Labute approximate surface area is 186 Å². The summed E-state index contributed by atoms with van der Waals surface area (Å²) in [5.41, 5.74) is 3.56. The minimum atomic E-state index is -0.397. The van der Waals surface area contributed by atoms with Gasteiger partial charge in [0.2, 0.25) is 0 Å². The molecular weight excluding hydrogens is 429 g/mol. The van der Waals surface area contributed by atoms with Crippen LogP contribution in [0.3, 0.4) is 0 Å². The van der Waals surface area contributed by atoms with Crippen LogP contribution in [0.15, 0.2) is 72.4 Å². The van der Waals surface area contributed by atoms with E-state index in [0.29, 0.717) is 33.3 Å². The largest absolute Gasteiger partial charge is 0.496 e. The molecule has 9 heteroatoms. The summed E-state index contributed by atoms with van der Waals surface area (Å²) in [6.45, 7) is 0. The topological polar surface area (TPSA) is 81.4 Å². The fourth-order valence-electron chi connectivity index (χ4n) is 3.38. The summed E-state index contributed by atoms with van der Waals surface area (Å²) in [7, 11) is 1.51. The summed E-state index contributed by atoms with van der Waals surface area (Å²) >= 11 is 1.23. The van der Waals surface area contributed by atoms with Gasteiger partial charge in [-0.25, -0.2) is 18.9 Å². The molecule has 0 saturated heterocycles. The lowest BCUT2D eigenvalue weighted by molar-refractivity contribution is 0.102. The molecule has 158 valence electrons. The predicted molar refractivity (Wildman–Crippen MR) is 120 cm³/mol. The molecule has 0 bridgehead atoms. The fourth-order valence-corrected chi connectivity index (χ4v) is 4.08. The monoisotopic (exact) mass is 445 g/mol. The third-order valence-electron chi connectivity index (χ3n) is 4.88. The van der Waals surface area contributed by atoms with Crippen LogP contribution >= 0.6 is 11.3 Å². The molecule has 0 aliphatic heterocycles. The van der Waals surface area contributed by atoms with Crippen molar-refractivity contribution < 1.29 is 13.9 Å². The van der Waals surface area contributed by atoms with E-state index in [0.717, 1.165) is 11.3 Å². The van der Waals surface area contributed by atoms with Crippen LogP contribution in [0.1, 0.15) is 10.4 Å². The van der Waals surface area contributed by atoms with Gasteiger partial charge < -0.3 is 4.74 Å². The lowest BCUT2D eigenvalue weighted by Crippen LogP contribution is -2.12. The summed E-state index contributed by atoms with van der Waals surface area (Å²) in [6.07, 6.45) is 3.13. The van der Waals surface area contributed by atoms with Gasteiger partial charge in [-0.2, -0.15) is 5.10 Å². The van der Waals surface area contributed by atoms with Gasteiger partial charge in [-0.05, 0) is 24.3 Å². The molecule has 1 N–H and O–H groups in total. The lowest BCUT2D eigenvalue weighted by atomic mass is 10.1. The van der Waals surface area contributed by atoms with Crippen molar-refractivity contribution in [3.05, 3.63) is 83.8 Å². The molecule has 7 nitrogen and oxygen atoms in total. The van der Waals surface area contributed by atoms with E-state index in [-0.39, 0.29) is 5.91 Å². The number of rotatable bonds is 5. The van der Waals surface area contributed by atoms with Gasteiger partial charge in [-0.1, -0.05) is 30.3 Å². The fraction of sp³-hybridized carbons (Fsp3) is 0.0435. The lowest BCUT2D eigenvalue weighted by Gasteiger charge is -2.06. The van der Waals surface area contributed by atoms with Crippen molar-refractivity contribution in [2.45, 2.75) is 0 Å². The Bertz CT molecular complexity index is 1430. The Kier molecular flexibility index (Phi) is 5.08. The number of thiazole rings is 1. The van der Waals surface area contributed by atoms with Crippen LogP contribution < -0.4 is 10.1 Å². The molecule has 0 radical (unpaired) electrons. The molecule has 3 heterocycles. The number of benzene rings is 2. The van der Waals surface area contributed by atoms with Crippen LogP contribution in [0.2, 0.25) is 0 Å². The van der Waals surface area contributed by atoms with Gasteiger partial charge in [0.15, 0.2) is 10.8 Å². The molecule has 0 unspecified atom stereocenters. The van der Waals surface area contributed by atoms with E-state index in [2.05, 4.69) is 20.4 Å². The zero-order valence-corrected chi connectivity index (χ0v) is 17.6. The van der Waals surface area contributed by atoms with Crippen molar-refractivity contribution in [3.8, 4) is 28.3 Å². The van der Waals surface area contributed by atoms with Gasteiger partial charge >= 0.3 is 0 Å². The zero-order valence-electron chi connectivity index (χ0n) is 16.8. The number of anilines is 1. The van der Waals surface area contributed by atoms with Crippen LogP contribution in [-0.4, -0.2) is 32.6 Å². The Morgan fingerprint density at radius 1 is 1.16 bits per heavy atom. The number of carbonyl (C=O) groups excluding carboxylic acids is 1. The van der Waals surface area contributed by atoms with E-state index in [1.165, 1.54) is 42.8 Å². The molecule has 0 atom stereocenters. The highest BCUT2D eigenvalue weighted by Gasteiger charge is 2.18. The van der Waals surface area contributed by atoms with Crippen molar-refractivity contribution in [1.29, 1.82) is 0 Å². The summed E-state index contributed by atoms with van der Waals surface area (Å²) < 4.78 is 20.6. The zero-order chi connectivity index (χ0) is 22.1. The molecule has 0 aliphatic rings. The van der Waals surface area contributed by atoms with Crippen molar-refractivity contribution in [2.24, 2.45) is 0 Å². The highest BCUT2D eigenvalue weighted by molar-refractivity contribution is 7.14. The Hall–Kier alpha value is -4.11. The van der Waals surface area contributed by atoms with Crippen LogP contribution in [0.4, 0.5) is 9.52 Å². The third kappa shape index (κ3) is 3.58. The number of hydrogen-bond donors (Lipinski definition) is 1. The highest BCUT2D eigenvalue weighted by atomic mass is 32.1. The second kappa shape index (κ2) is 8.20. The number of nitrogens with one attached hydrogen (secondary N) is 1. The maximum absolute atomic E-state index is 13.7. The molecule has 2 aromatic carbocycles. The molecule has 5 rings (SSSR count). The molecule has 0 saturated carbocycles. The Balaban J connectivity index is 1.44. The maximum Gasteiger partial charge on any atom is 0.262 e. The number of hydrogen-bond acceptors (Lipinski definition) is 6. The Morgan fingerprint density at radius 3 is 2.81 bits per heavy atom. The summed E-state index contributed by atoms with van der Waals surface area (Å²) in [5, 5.41) is 9.24. The van der Waals surface area contributed by atoms with E-state index in [1.807, 2.05) is 36.4 Å². The van der Waals surface area contributed by atoms with Crippen LogP contribution in [-0.2, 0) is 0 Å². The average Bonchev–Trinajstić information content (AvgIpc) is 3.46. The van der Waals surface area contributed by atoms with Gasteiger partial charge in [0, 0.05) is 22.7 Å². The second-order valence-corrected chi connectivity index (χ2v) is 7.68. The molecule has 0 aliphatic carbocycles. The van der Waals surface area contributed by atoms with Crippen molar-refractivity contribution in [2.75, 3.05) is 12.4 Å². The summed E-state index contributed by atoms with van der Waals surface area (Å²) in [6, 6.07) is 15.8. The molecule has 32 heavy (non-hydrogen) atoms. The quantitative estimate of drug-likeness (QED) is 0.415. The SMILES string of the molecule is COc1ccc(F)cc1-c1csc(NC(=O)c2cnn3c(-c4ccccc4)ccnc23)n1. The highest BCUT2D eigenvalue weighted by Crippen LogP contribution is 2.33. The first kappa shape index (κ1) is 19.8.